The lowest BCUT2D eigenvalue weighted by Gasteiger charge is -2.30. The smallest absolute Gasteiger partial charge is 0.252 e. The molecule has 1 aromatic heterocycles. The molecular formula is C25H25ClN4O6. The Morgan fingerprint density at radius 2 is 2.00 bits per heavy atom. The lowest BCUT2D eigenvalue weighted by atomic mass is 9.94. The number of ether oxygens (including phenoxy) is 3. The Kier molecular flexibility index (Phi) is 7.58. The summed E-state index contributed by atoms with van der Waals surface area (Å²) in [5.74, 6) is 0.102. The largest absolute Gasteiger partial charge is 0.496 e. The lowest BCUT2D eigenvalue weighted by molar-refractivity contribution is -0.124. The van der Waals surface area contributed by atoms with Crippen molar-refractivity contribution in [2.24, 2.45) is 5.73 Å². The molecule has 188 valence electrons. The van der Waals surface area contributed by atoms with Gasteiger partial charge in [-0.3, -0.25) is 14.6 Å². The predicted molar refractivity (Wildman–Crippen MR) is 134 cm³/mol. The fourth-order valence-electron chi connectivity index (χ4n) is 3.73. The molecule has 1 unspecified atom stereocenters. The van der Waals surface area contributed by atoms with Crippen molar-refractivity contribution in [3.05, 3.63) is 64.6 Å². The maximum absolute atomic E-state index is 12.2. The van der Waals surface area contributed by atoms with Crippen LogP contribution in [-0.4, -0.2) is 55.3 Å². The number of aliphatic hydroxyl groups is 1. The van der Waals surface area contributed by atoms with Gasteiger partial charge in [-0.05, 0) is 30.7 Å². The number of carbonyl (C=O) groups is 2. The van der Waals surface area contributed by atoms with Crippen molar-refractivity contribution in [1.82, 2.24) is 10.3 Å². The van der Waals surface area contributed by atoms with Crippen LogP contribution in [0.4, 0.5) is 5.69 Å². The van der Waals surface area contributed by atoms with Crippen molar-refractivity contribution in [3.8, 4) is 17.2 Å². The average Bonchev–Trinajstić information content (AvgIpc) is 2.87. The highest BCUT2D eigenvalue weighted by Crippen LogP contribution is 2.36. The number of rotatable bonds is 11. The number of hydrogen-bond donors (Lipinski definition) is 4. The van der Waals surface area contributed by atoms with Gasteiger partial charge in [0.2, 0.25) is 5.78 Å². The van der Waals surface area contributed by atoms with Crippen molar-refractivity contribution in [2.45, 2.75) is 12.5 Å². The van der Waals surface area contributed by atoms with E-state index in [0.29, 0.717) is 57.7 Å². The van der Waals surface area contributed by atoms with Crippen molar-refractivity contribution in [3.63, 3.8) is 0 Å². The summed E-state index contributed by atoms with van der Waals surface area (Å²) in [5.41, 5.74) is 7.38. The highest BCUT2D eigenvalue weighted by molar-refractivity contribution is 6.33. The van der Waals surface area contributed by atoms with E-state index >= 15 is 0 Å². The van der Waals surface area contributed by atoms with Crippen LogP contribution in [0.5, 0.6) is 17.2 Å². The van der Waals surface area contributed by atoms with Crippen LogP contribution in [0.2, 0.25) is 5.02 Å². The van der Waals surface area contributed by atoms with E-state index in [1.165, 1.54) is 7.11 Å². The first kappa shape index (κ1) is 25.2. The fourth-order valence-corrected chi connectivity index (χ4v) is 3.95. The van der Waals surface area contributed by atoms with E-state index in [9.17, 15) is 14.7 Å². The van der Waals surface area contributed by atoms with Crippen LogP contribution in [0.25, 0.3) is 10.9 Å². The number of nitrogens with one attached hydrogen (secondary N) is 2. The molecule has 11 heteroatoms. The molecule has 0 aliphatic heterocycles. The number of primary amides is 1. The standard InChI is InChI=1S/C25H25ClN4O6/c1-34-9-3-7-29-21-22(24(32)23(21)31)30-17-5-4-13(10-16(17)26)36-19-6-8-28-18-12-20(35-2)15(25(27)33)11-14(18)19/h4-6,8,10-12,23,29-31H,3,7,9H2,1-2H3,(H2,27,33). The van der Waals surface area contributed by atoms with E-state index in [1.807, 2.05) is 0 Å². The van der Waals surface area contributed by atoms with E-state index in [2.05, 4.69) is 15.6 Å². The molecule has 1 aliphatic carbocycles. The number of ketones is 1. The highest BCUT2D eigenvalue weighted by Gasteiger charge is 2.38. The SMILES string of the molecule is COCCCNC1=C(Nc2ccc(Oc3ccnc4cc(OC)c(C(N)=O)cc34)cc2Cl)C(=O)C1O. The molecule has 5 N–H and O–H groups in total. The second-order valence-electron chi connectivity index (χ2n) is 7.94. The third-order valence-corrected chi connectivity index (χ3v) is 5.91. The molecule has 0 spiro atoms. The molecule has 0 fully saturated rings. The Morgan fingerprint density at radius 3 is 2.69 bits per heavy atom. The number of benzene rings is 2. The minimum atomic E-state index is -1.19. The molecule has 36 heavy (non-hydrogen) atoms. The molecule has 4 rings (SSSR count). The third-order valence-electron chi connectivity index (χ3n) is 5.59. The van der Waals surface area contributed by atoms with Crippen LogP contribution in [0.3, 0.4) is 0 Å². The summed E-state index contributed by atoms with van der Waals surface area (Å²) >= 11 is 6.46. The van der Waals surface area contributed by atoms with Crippen molar-refractivity contribution >= 4 is 39.9 Å². The van der Waals surface area contributed by atoms with E-state index < -0.39 is 17.8 Å². The third kappa shape index (κ3) is 5.06. The zero-order valence-corrected chi connectivity index (χ0v) is 20.4. The Bertz CT molecular complexity index is 1360. The van der Waals surface area contributed by atoms with Crippen LogP contribution < -0.4 is 25.8 Å². The van der Waals surface area contributed by atoms with Gasteiger partial charge in [0, 0.05) is 44.0 Å². The molecule has 0 radical (unpaired) electrons. The van der Waals surface area contributed by atoms with Gasteiger partial charge in [-0.25, -0.2) is 0 Å². The Hall–Kier alpha value is -3.86. The Morgan fingerprint density at radius 1 is 1.19 bits per heavy atom. The number of aliphatic hydroxyl groups excluding tert-OH is 1. The molecule has 3 aromatic rings. The summed E-state index contributed by atoms with van der Waals surface area (Å²) in [6, 6.07) is 9.75. The number of fused-ring (bicyclic) bond motifs is 1. The molecule has 0 saturated heterocycles. The lowest BCUT2D eigenvalue weighted by Crippen LogP contribution is -2.46. The van der Waals surface area contributed by atoms with E-state index in [1.54, 1.807) is 49.7 Å². The molecule has 0 bridgehead atoms. The molecule has 2 aromatic carbocycles. The van der Waals surface area contributed by atoms with Gasteiger partial charge in [0.05, 0.1) is 34.6 Å². The Labute approximate surface area is 212 Å². The number of aromatic nitrogens is 1. The van der Waals surface area contributed by atoms with Gasteiger partial charge < -0.3 is 35.7 Å². The Balaban J connectivity index is 1.56. The molecule has 1 heterocycles. The van der Waals surface area contributed by atoms with Crippen LogP contribution in [0.1, 0.15) is 16.8 Å². The molecule has 1 amide bonds. The number of hydrogen-bond acceptors (Lipinski definition) is 9. The minimum Gasteiger partial charge on any atom is -0.496 e. The van der Waals surface area contributed by atoms with E-state index in [4.69, 9.17) is 31.5 Å². The summed E-state index contributed by atoms with van der Waals surface area (Å²) in [7, 11) is 3.05. The van der Waals surface area contributed by atoms with Gasteiger partial charge in [0.1, 0.15) is 22.9 Å². The number of anilines is 1. The first-order valence-corrected chi connectivity index (χ1v) is 11.4. The van der Waals surface area contributed by atoms with E-state index in [0.717, 1.165) is 6.42 Å². The predicted octanol–water partition coefficient (Wildman–Crippen LogP) is 2.98. The van der Waals surface area contributed by atoms with Gasteiger partial charge in [0.15, 0.2) is 6.10 Å². The summed E-state index contributed by atoms with van der Waals surface area (Å²) in [6.45, 7) is 1.10. The quantitative estimate of drug-likeness (QED) is 0.285. The number of nitrogens with two attached hydrogens (primary N) is 1. The summed E-state index contributed by atoms with van der Waals surface area (Å²) in [6.07, 6.45) is 1.10. The van der Waals surface area contributed by atoms with E-state index in [-0.39, 0.29) is 11.3 Å². The van der Waals surface area contributed by atoms with Gasteiger partial charge in [0.25, 0.3) is 5.91 Å². The number of methoxy groups -OCH3 is 2. The number of Topliss-reactive ketones (excluding diaryl/α,β-unsaturated/α-hetero) is 1. The highest BCUT2D eigenvalue weighted by atomic mass is 35.5. The first-order valence-electron chi connectivity index (χ1n) is 11.0. The number of amides is 1. The van der Waals surface area contributed by atoms with Crippen molar-refractivity contribution in [2.75, 3.05) is 32.7 Å². The average molecular weight is 513 g/mol. The minimum absolute atomic E-state index is 0.202. The molecule has 0 saturated carbocycles. The normalized spacial score (nSPS) is 15.0. The molecule has 10 nitrogen and oxygen atoms in total. The summed E-state index contributed by atoms with van der Waals surface area (Å²) < 4.78 is 16.3. The number of carbonyl (C=O) groups excluding carboxylic acids is 2. The molecule has 1 aliphatic rings. The second-order valence-corrected chi connectivity index (χ2v) is 8.35. The second kappa shape index (κ2) is 10.8. The molecule has 1 atom stereocenters. The van der Waals surface area contributed by atoms with Crippen LogP contribution in [-0.2, 0) is 9.53 Å². The van der Waals surface area contributed by atoms with Crippen LogP contribution in [0.15, 0.2) is 54.0 Å². The topological polar surface area (TPSA) is 145 Å². The van der Waals surface area contributed by atoms with Crippen LogP contribution in [0, 0.1) is 0 Å². The number of pyridine rings is 1. The maximum Gasteiger partial charge on any atom is 0.252 e. The van der Waals surface area contributed by atoms with Gasteiger partial charge >= 0.3 is 0 Å². The first-order chi connectivity index (χ1) is 17.3. The van der Waals surface area contributed by atoms with Gasteiger partial charge in [-0.2, -0.15) is 0 Å². The summed E-state index contributed by atoms with van der Waals surface area (Å²) in [5, 5.41) is 16.9. The van der Waals surface area contributed by atoms with Gasteiger partial charge in [-0.15, -0.1) is 0 Å². The molecular weight excluding hydrogens is 488 g/mol. The number of nitrogens with zero attached hydrogens (tertiary/aromatic N) is 1. The monoisotopic (exact) mass is 512 g/mol. The zero-order chi connectivity index (χ0) is 25.8. The van der Waals surface area contributed by atoms with Crippen LogP contribution >= 0.6 is 11.6 Å². The van der Waals surface area contributed by atoms with Crippen molar-refractivity contribution < 1.29 is 28.9 Å². The number of halogens is 1. The summed E-state index contributed by atoms with van der Waals surface area (Å²) in [4.78, 5) is 28.3. The fraction of sp³-hybridized carbons (Fsp3) is 0.240. The van der Waals surface area contributed by atoms with Gasteiger partial charge in [-0.1, -0.05) is 11.6 Å². The maximum atomic E-state index is 12.2. The van der Waals surface area contributed by atoms with Crippen molar-refractivity contribution in [1.29, 1.82) is 0 Å². The zero-order valence-electron chi connectivity index (χ0n) is 19.6.